The van der Waals surface area contributed by atoms with Crippen LogP contribution in [0, 0.1) is 0 Å². The lowest BCUT2D eigenvalue weighted by molar-refractivity contribution is -0.135. The zero-order valence-corrected chi connectivity index (χ0v) is 23.5. The van der Waals surface area contributed by atoms with Gasteiger partial charge in [0.15, 0.2) is 9.84 Å². The first-order valence-corrected chi connectivity index (χ1v) is 16.2. The van der Waals surface area contributed by atoms with Crippen LogP contribution in [0.5, 0.6) is 0 Å². The third kappa shape index (κ3) is 5.52. The Bertz CT molecular complexity index is 1260. The van der Waals surface area contributed by atoms with Crippen molar-refractivity contribution in [2.45, 2.75) is 92.9 Å². The number of hydrogen-bond donors (Lipinski definition) is 4. The first-order valence-electron chi connectivity index (χ1n) is 13.1. The molecule has 0 spiro atoms. The number of fused-ring (bicyclic) bond motifs is 3. The molecule has 1 amide bonds. The highest BCUT2D eigenvalue weighted by Gasteiger charge is 2.44. The summed E-state index contributed by atoms with van der Waals surface area (Å²) in [5.74, 6) is 1.56. The zero-order chi connectivity index (χ0) is 26.3. The minimum absolute atomic E-state index is 0.0165. The van der Waals surface area contributed by atoms with E-state index in [2.05, 4.69) is 45.2 Å². The molecule has 2 aromatic heterocycles. The molecule has 0 aromatic carbocycles. The molecule has 3 fully saturated rings. The molecule has 3 aliphatic rings. The lowest BCUT2D eigenvalue weighted by Gasteiger charge is -2.40. The SMILES string of the molecule is CCC(SC)C(=O)N1[C@@H]2CC[C@H]1CC(Nc1nc(NC3CC(C)NN3)cc3ncc(S(C)(=O)=O)cc13)C2. The van der Waals surface area contributed by atoms with Crippen LogP contribution >= 0.6 is 11.8 Å². The Balaban J connectivity index is 1.42. The molecule has 2 bridgehead atoms. The van der Waals surface area contributed by atoms with E-state index in [4.69, 9.17) is 4.98 Å². The van der Waals surface area contributed by atoms with Gasteiger partial charge < -0.3 is 15.5 Å². The monoisotopic (exact) mass is 547 g/mol. The topological polar surface area (TPSA) is 128 Å². The molecule has 0 saturated carbocycles. The molecule has 3 aliphatic heterocycles. The maximum atomic E-state index is 13.2. The first-order chi connectivity index (χ1) is 17.7. The van der Waals surface area contributed by atoms with Crippen molar-refractivity contribution in [2.75, 3.05) is 23.1 Å². The largest absolute Gasteiger partial charge is 0.367 e. The molecule has 3 saturated heterocycles. The number of anilines is 2. The van der Waals surface area contributed by atoms with Gasteiger partial charge in [0.2, 0.25) is 5.91 Å². The van der Waals surface area contributed by atoms with Crippen molar-refractivity contribution in [2.24, 2.45) is 0 Å². The summed E-state index contributed by atoms with van der Waals surface area (Å²) in [4.78, 5) is 24.9. The van der Waals surface area contributed by atoms with Crippen molar-refractivity contribution in [1.29, 1.82) is 0 Å². The lowest BCUT2D eigenvalue weighted by atomic mass is 9.96. The molecule has 6 atom stereocenters. The summed E-state index contributed by atoms with van der Waals surface area (Å²) in [6.07, 6.45) is 10.1. The standard InChI is InChI=1S/C25H37N7O3S2/c1-5-21(36-3)25(33)32-16-6-7-17(32)10-15(9-16)27-24-19-11-18(37(4,34)35)13-26-20(19)12-22(29-24)28-23-8-14(2)30-31-23/h11-17,21,23,30-31H,5-10H2,1-4H3,(H2,27,28,29)/t14?,15?,16-,17+,21?,23?. The van der Waals surface area contributed by atoms with Gasteiger partial charge in [-0.1, -0.05) is 6.92 Å². The minimum atomic E-state index is -3.41. The van der Waals surface area contributed by atoms with E-state index in [0.29, 0.717) is 28.6 Å². The Morgan fingerprint density at radius 1 is 1.19 bits per heavy atom. The Morgan fingerprint density at radius 3 is 2.51 bits per heavy atom. The van der Waals surface area contributed by atoms with Gasteiger partial charge in [0.1, 0.15) is 11.6 Å². The summed E-state index contributed by atoms with van der Waals surface area (Å²) < 4.78 is 24.5. The highest BCUT2D eigenvalue weighted by molar-refractivity contribution is 7.99. The Labute approximate surface area is 223 Å². The van der Waals surface area contributed by atoms with Gasteiger partial charge in [-0.2, -0.15) is 11.8 Å². The second-order valence-electron chi connectivity index (χ2n) is 10.6. The fourth-order valence-corrected chi connectivity index (χ4v) is 7.17. The van der Waals surface area contributed by atoms with Gasteiger partial charge in [-0.05, 0) is 57.8 Å². The summed E-state index contributed by atoms with van der Waals surface area (Å²) in [6.45, 7) is 4.18. The number of carbonyl (C=O) groups excluding carboxylic acids is 1. The third-order valence-electron chi connectivity index (χ3n) is 7.76. The molecule has 0 aliphatic carbocycles. The van der Waals surface area contributed by atoms with Gasteiger partial charge >= 0.3 is 0 Å². The smallest absolute Gasteiger partial charge is 0.236 e. The van der Waals surface area contributed by atoms with Crippen LogP contribution in [0.4, 0.5) is 11.6 Å². The van der Waals surface area contributed by atoms with Crippen molar-refractivity contribution in [1.82, 2.24) is 25.7 Å². The lowest BCUT2D eigenvalue weighted by Crippen LogP contribution is -2.52. The number of rotatable bonds is 8. The summed E-state index contributed by atoms with van der Waals surface area (Å²) in [5, 5.41) is 7.75. The number of sulfone groups is 1. The number of hydrogen-bond acceptors (Lipinski definition) is 10. The van der Waals surface area contributed by atoms with Crippen molar-refractivity contribution in [3.8, 4) is 0 Å². The Kier molecular flexibility index (Phi) is 7.54. The van der Waals surface area contributed by atoms with E-state index in [1.54, 1.807) is 17.8 Å². The van der Waals surface area contributed by atoms with Gasteiger partial charge in [-0.15, -0.1) is 0 Å². The van der Waals surface area contributed by atoms with Crippen LogP contribution in [-0.2, 0) is 14.6 Å². The molecule has 10 nitrogen and oxygen atoms in total. The van der Waals surface area contributed by atoms with Gasteiger partial charge in [0, 0.05) is 48.1 Å². The molecule has 202 valence electrons. The summed E-state index contributed by atoms with van der Waals surface area (Å²) in [5.41, 5.74) is 7.11. The normalized spacial score (nSPS) is 28.4. The second kappa shape index (κ2) is 10.5. The number of aromatic nitrogens is 2. The molecule has 12 heteroatoms. The summed E-state index contributed by atoms with van der Waals surface area (Å²) in [6, 6.07) is 4.43. The van der Waals surface area contributed by atoms with E-state index in [9.17, 15) is 13.2 Å². The van der Waals surface area contributed by atoms with E-state index in [1.807, 2.05) is 12.3 Å². The average molecular weight is 548 g/mol. The van der Waals surface area contributed by atoms with Crippen LogP contribution in [0.15, 0.2) is 23.2 Å². The summed E-state index contributed by atoms with van der Waals surface area (Å²) in [7, 11) is -3.41. The number of carbonyl (C=O) groups is 1. The number of amides is 1. The number of thioether (sulfide) groups is 1. The van der Waals surface area contributed by atoms with Gasteiger partial charge in [0.05, 0.1) is 21.8 Å². The Hall–Kier alpha value is -2.15. The predicted molar refractivity (Wildman–Crippen MR) is 148 cm³/mol. The molecular weight excluding hydrogens is 510 g/mol. The third-order valence-corrected chi connectivity index (χ3v) is 9.94. The maximum Gasteiger partial charge on any atom is 0.236 e. The number of hydrazine groups is 1. The molecule has 4 N–H and O–H groups in total. The maximum absolute atomic E-state index is 13.2. The van der Waals surface area contributed by atoms with Crippen LogP contribution in [0.2, 0.25) is 0 Å². The van der Waals surface area contributed by atoms with Crippen molar-refractivity contribution < 1.29 is 13.2 Å². The minimum Gasteiger partial charge on any atom is -0.367 e. The second-order valence-corrected chi connectivity index (χ2v) is 13.6. The van der Waals surface area contributed by atoms with Gasteiger partial charge in [-0.3, -0.25) is 15.2 Å². The van der Waals surface area contributed by atoms with Gasteiger partial charge in [-0.25, -0.2) is 18.8 Å². The van der Waals surface area contributed by atoms with E-state index < -0.39 is 9.84 Å². The van der Waals surface area contributed by atoms with Crippen molar-refractivity contribution in [3.05, 3.63) is 18.3 Å². The fourth-order valence-electron chi connectivity index (χ4n) is 5.93. The average Bonchev–Trinajstić information content (AvgIpc) is 3.38. The molecular formula is C25H37N7O3S2. The van der Waals surface area contributed by atoms with Crippen molar-refractivity contribution in [3.63, 3.8) is 0 Å². The molecule has 0 radical (unpaired) electrons. The van der Waals surface area contributed by atoms with Crippen LogP contribution in [-0.4, -0.2) is 77.3 Å². The Morgan fingerprint density at radius 2 is 1.92 bits per heavy atom. The van der Waals surface area contributed by atoms with E-state index in [1.165, 1.54) is 12.5 Å². The van der Waals surface area contributed by atoms with E-state index >= 15 is 0 Å². The van der Waals surface area contributed by atoms with Crippen molar-refractivity contribution >= 4 is 50.0 Å². The quantitative estimate of drug-likeness (QED) is 0.392. The molecule has 5 heterocycles. The number of nitrogens with zero attached hydrogens (tertiary/aromatic N) is 3. The highest BCUT2D eigenvalue weighted by Crippen LogP contribution is 2.39. The zero-order valence-electron chi connectivity index (χ0n) is 21.8. The van der Waals surface area contributed by atoms with Crippen LogP contribution in [0.3, 0.4) is 0 Å². The predicted octanol–water partition coefficient (Wildman–Crippen LogP) is 2.73. The number of pyridine rings is 2. The van der Waals surface area contributed by atoms with Crippen LogP contribution in [0.1, 0.15) is 52.4 Å². The number of nitrogens with one attached hydrogen (secondary N) is 4. The molecule has 37 heavy (non-hydrogen) atoms. The highest BCUT2D eigenvalue weighted by atomic mass is 32.2. The molecule has 4 unspecified atom stereocenters. The van der Waals surface area contributed by atoms with Gasteiger partial charge in [0.25, 0.3) is 0 Å². The summed E-state index contributed by atoms with van der Waals surface area (Å²) >= 11 is 1.64. The van der Waals surface area contributed by atoms with E-state index in [-0.39, 0.29) is 40.3 Å². The molecule has 5 rings (SSSR count). The first kappa shape index (κ1) is 26.5. The molecule has 2 aromatic rings. The van der Waals surface area contributed by atoms with Crippen LogP contribution in [0.25, 0.3) is 10.9 Å². The van der Waals surface area contributed by atoms with E-state index in [0.717, 1.165) is 38.5 Å². The fraction of sp³-hybridized carbons (Fsp3) is 0.640. The van der Waals surface area contributed by atoms with Crippen LogP contribution < -0.4 is 21.5 Å². The number of piperidine rings is 1.